The highest BCUT2D eigenvalue weighted by Gasteiger charge is 2.20. The molecule has 112 valence electrons. The molecule has 0 heterocycles. The third-order valence-corrected chi connectivity index (χ3v) is 3.03. The van der Waals surface area contributed by atoms with E-state index in [2.05, 4.69) is 22.9 Å². The van der Waals surface area contributed by atoms with Gasteiger partial charge in [0.25, 0.3) is 0 Å². The van der Waals surface area contributed by atoms with E-state index in [9.17, 15) is 4.79 Å². The van der Waals surface area contributed by atoms with Crippen LogP contribution in [0.25, 0.3) is 0 Å². The van der Waals surface area contributed by atoms with Gasteiger partial charge in [0.2, 0.25) is 0 Å². The number of amides is 2. The van der Waals surface area contributed by atoms with Crippen molar-refractivity contribution in [1.29, 1.82) is 0 Å². The van der Waals surface area contributed by atoms with E-state index in [0.29, 0.717) is 6.61 Å². The molecule has 1 atom stereocenters. The van der Waals surface area contributed by atoms with Gasteiger partial charge in [-0.25, -0.2) is 4.79 Å². The Labute approximate surface area is 121 Å². The smallest absolute Gasteiger partial charge is 0.319 e. The highest BCUT2D eigenvalue weighted by molar-refractivity contribution is 5.89. The first kappa shape index (κ1) is 16.5. The Hall–Kier alpha value is -1.59. The number of benzene rings is 1. The molecule has 1 rings (SSSR count). The summed E-state index contributed by atoms with van der Waals surface area (Å²) in [6.07, 6.45) is 0. The molecule has 0 aromatic heterocycles. The first-order valence-electron chi connectivity index (χ1n) is 6.73. The SMILES string of the molecule is CNC(C)c1cccc(NC(=O)NC(C)(C)COC)c1. The van der Waals surface area contributed by atoms with E-state index >= 15 is 0 Å². The molecule has 0 aliphatic rings. The Morgan fingerprint density at radius 3 is 2.70 bits per heavy atom. The molecule has 1 aromatic carbocycles. The average molecular weight is 279 g/mol. The maximum absolute atomic E-state index is 12.0. The lowest BCUT2D eigenvalue weighted by atomic mass is 10.1. The Morgan fingerprint density at radius 1 is 1.40 bits per heavy atom. The number of nitrogens with one attached hydrogen (secondary N) is 3. The van der Waals surface area contributed by atoms with Crippen LogP contribution in [0.1, 0.15) is 32.4 Å². The van der Waals surface area contributed by atoms with Gasteiger partial charge in [-0.05, 0) is 45.5 Å². The van der Waals surface area contributed by atoms with Crippen LogP contribution in [0.5, 0.6) is 0 Å². The van der Waals surface area contributed by atoms with Gasteiger partial charge in [-0.3, -0.25) is 0 Å². The maximum Gasteiger partial charge on any atom is 0.319 e. The molecule has 0 saturated carbocycles. The number of hydrogen-bond acceptors (Lipinski definition) is 3. The molecule has 0 aliphatic carbocycles. The van der Waals surface area contributed by atoms with Crippen molar-refractivity contribution in [1.82, 2.24) is 10.6 Å². The lowest BCUT2D eigenvalue weighted by molar-refractivity contribution is 0.133. The first-order valence-corrected chi connectivity index (χ1v) is 6.73. The molecule has 2 amide bonds. The maximum atomic E-state index is 12.0. The third kappa shape index (κ3) is 5.19. The molecule has 3 N–H and O–H groups in total. The van der Waals surface area contributed by atoms with E-state index in [1.54, 1.807) is 7.11 Å². The Morgan fingerprint density at radius 2 is 2.10 bits per heavy atom. The van der Waals surface area contributed by atoms with Crippen molar-refractivity contribution >= 4 is 11.7 Å². The largest absolute Gasteiger partial charge is 0.382 e. The fourth-order valence-corrected chi connectivity index (χ4v) is 1.92. The van der Waals surface area contributed by atoms with Gasteiger partial charge in [0.1, 0.15) is 0 Å². The molecular weight excluding hydrogens is 254 g/mol. The molecule has 0 bridgehead atoms. The van der Waals surface area contributed by atoms with E-state index in [1.165, 1.54) is 0 Å². The minimum absolute atomic E-state index is 0.235. The van der Waals surface area contributed by atoms with Crippen molar-refractivity contribution in [3.05, 3.63) is 29.8 Å². The summed E-state index contributed by atoms with van der Waals surface area (Å²) < 4.78 is 5.07. The van der Waals surface area contributed by atoms with Gasteiger partial charge in [-0.1, -0.05) is 12.1 Å². The highest BCUT2D eigenvalue weighted by atomic mass is 16.5. The molecule has 0 saturated heterocycles. The molecule has 0 spiro atoms. The number of methoxy groups -OCH3 is 1. The lowest BCUT2D eigenvalue weighted by Gasteiger charge is -2.25. The second-order valence-corrected chi connectivity index (χ2v) is 5.53. The van der Waals surface area contributed by atoms with Crippen LogP contribution >= 0.6 is 0 Å². The molecule has 20 heavy (non-hydrogen) atoms. The number of urea groups is 1. The Kier molecular flexibility index (Phi) is 5.98. The summed E-state index contributed by atoms with van der Waals surface area (Å²) in [7, 11) is 3.52. The van der Waals surface area contributed by atoms with E-state index < -0.39 is 5.54 Å². The minimum Gasteiger partial charge on any atom is -0.382 e. The van der Waals surface area contributed by atoms with Crippen molar-refractivity contribution in [2.24, 2.45) is 0 Å². The molecule has 0 aliphatic heterocycles. The van der Waals surface area contributed by atoms with Crippen molar-refractivity contribution in [2.75, 3.05) is 26.1 Å². The molecule has 0 fully saturated rings. The number of ether oxygens (including phenoxy) is 1. The summed E-state index contributed by atoms with van der Waals surface area (Å²) in [5.74, 6) is 0. The molecule has 1 unspecified atom stereocenters. The van der Waals surface area contributed by atoms with Gasteiger partial charge in [0, 0.05) is 18.8 Å². The number of anilines is 1. The van der Waals surface area contributed by atoms with Crippen LogP contribution in [0.3, 0.4) is 0 Å². The summed E-state index contributed by atoms with van der Waals surface area (Å²) in [4.78, 5) is 12.0. The fraction of sp³-hybridized carbons (Fsp3) is 0.533. The van der Waals surface area contributed by atoms with Crippen LogP contribution in [0.4, 0.5) is 10.5 Å². The second-order valence-electron chi connectivity index (χ2n) is 5.53. The fourth-order valence-electron chi connectivity index (χ4n) is 1.92. The minimum atomic E-state index is -0.408. The molecular formula is C15H25N3O2. The zero-order valence-electron chi connectivity index (χ0n) is 12.9. The van der Waals surface area contributed by atoms with Crippen LogP contribution in [0.15, 0.2) is 24.3 Å². The molecule has 1 aromatic rings. The summed E-state index contributed by atoms with van der Waals surface area (Å²) in [6, 6.07) is 7.79. The van der Waals surface area contributed by atoms with Crippen molar-refractivity contribution < 1.29 is 9.53 Å². The molecule has 5 nitrogen and oxygen atoms in total. The van der Waals surface area contributed by atoms with Gasteiger partial charge < -0.3 is 20.7 Å². The third-order valence-electron chi connectivity index (χ3n) is 3.03. The van der Waals surface area contributed by atoms with Gasteiger partial charge in [-0.2, -0.15) is 0 Å². The predicted molar refractivity (Wildman–Crippen MR) is 82.0 cm³/mol. The van der Waals surface area contributed by atoms with E-state index in [-0.39, 0.29) is 12.1 Å². The van der Waals surface area contributed by atoms with E-state index in [4.69, 9.17) is 4.74 Å². The normalized spacial score (nSPS) is 12.8. The van der Waals surface area contributed by atoms with Crippen LogP contribution in [0, 0.1) is 0 Å². The lowest BCUT2D eigenvalue weighted by Crippen LogP contribution is -2.48. The van der Waals surface area contributed by atoms with Crippen LogP contribution in [-0.4, -0.2) is 32.3 Å². The van der Waals surface area contributed by atoms with Crippen LogP contribution < -0.4 is 16.0 Å². The van der Waals surface area contributed by atoms with Gasteiger partial charge in [0.15, 0.2) is 0 Å². The monoisotopic (exact) mass is 279 g/mol. The quantitative estimate of drug-likeness (QED) is 0.750. The molecule has 0 radical (unpaired) electrons. The van der Waals surface area contributed by atoms with Crippen LogP contribution in [0.2, 0.25) is 0 Å². The van der Waals surface area contributed by atoms with E-state index in [1.807, 2.05) is 45.2 Å². The Bertz CT molecular complexity index is 446. The van der Waals surface area contributed by atoms with Crippen molar-refractivity contribution in [3.63, 3.8) is 0 Å². The summed E-state index contributed by atoms with van der Waals surface area (Å²) in [5.41, 5.74) is 1.49. The number of hydrogen-bond donors (Lipinski definition) is 3. The summed E-state index contributed by atoms with van der Waals surface area (Å²) >= 11 is 0. The van der Waals surface area contributed by atoms with Crippen molar-refractivity contribution in [2.45, 2.75) is 32.4 Å². The summed E-state index contributed by atoms with van der Waals surface area (Å²) in [5, 5.41) is 8.89. The average Bonchev–Trinajstić information content (AvgIpc) is 2.37. The first-order chi connectivity index (χ1) is 9.38. The highest BCUT2D eigenvalue weighted by Crippen LogP contribution is 2.17. The standard InChI is InChI=1S/C15H25N3O2/c1-11(16-4)12-7-6-8-13(9-12)17-14(19)18-15(2,3)10-20-5/h6-9,11,16H,10H2,1-5H3,(H2,17,18,19). The number of rotatable bonds is 6. The summed E-state index contributed by atoms with van der Waals surface area (Å²) in [6.45, 7) is 6.35. The van der Waals surface area contributed by atoms with Gasteiger partial charge >= 0.3 is 6.03 Å². The topological polar surface area (TPSA) is 62.4 Å². The van der Waals surface area contributed by atoms with E-state index in [0.717, 1.165) is 11.3 Å². The van der Waals surface area contributed by atoms with Crippen molar-refractivity contribution in [3.8, 4) is 0 Å². The predicted octanol–water partition coefficient (Wildman–Crippen LogP) is 2.51. The van der Waals surface area contributed by atoms with Crippen LogP contribution in [-0.2, 0) is 4.74 Å². The number of carbonyl (C=O) groups excluding carboxylic acids is 1. The zero-order valence-corrected chi connectivity index (χ0v) is 12.9. The second kappa shape index (κ2) is 7.26. The van der Waals surface area contributed by atoms with Gasteiger partial charge in [0.05, 0.1) is 12.1 Å². The number of carbonyl (C=O) groups is 1. The zero-order chi connectivity index (χ0) is 15.2. The van der Waals surface area contributed by atoms with Gasteiger partial charge in [-0.15, -0.1) is 0 Å². The Balaban J connectivity index is 2.66. The molecule has 5 heteroatoms.